The number of rotatable bonds is 7. The number of hydrogen-bond acceptors (Lipinski definition) is 7. The van der Waals surface area contributed by atoms with E-state index in [4.69, 9.17) is 26.2 Å². The minimum Gasteiger partial charge on any atom is -0.493 e. The lowest BCUT2D eigenvalue weighted by molar-refractivity contribution is -0.120. The third-order valence-corrected chi connectivity index (χ3v) is 8.75. The zero-order valence-corrected chi connectivity index (χ0v) is 27.3. The van der Waals surface area contributed by atoms with E-state index in [0.717, 1.165) is 22.6 Å². The molecule has 228 valence electrons. The summed E-state index contributed by atoms with van der Waals surface area (Å²) < 4.78 is 14.7. The number of halogens is 1. The smallest absolute Gasteiger partial charge is 0.273 e. The molecular formula is C35H31ClN4O4S. The molecule has 0 saturated carbocycles. The molecule has 10 heteroatoms. The maximum absolute atomic E-state index is 14.3. The van der Waals surface area contributed by atoms with Crippen molar-refractivity contribution in [2.45, 2.75) is 27.7 Å². The second-order valence-corrected chi connectivity index (χ2v) is 12.7. The highest BCUT2D eigenvalue weighted by atomic mass is 35.5. The lowest BCUT2D eigenvalue weighted by Crippen LogP contribution is -2.33. The van der Waals surface area contributed by atoms with Gasteiger partial charge in [0.1, 0.15) is 22.0 Å². The highest BCUT2D eigenvalue weighted by molar-refractivity contribution is 7.07. The van der Waals surface area contributed by atoms with Gasteiger partial charge in [-0.15, -0.1) is 11.3 Å². The van der Waals surface area contributed by atoms with Gasteiger partial charge >= 0.3 is 0 Å². The second-order valence-electron chi connectivity index (χ2n) is 11.3. The number of carbonyl (C=O) groups is 1. The van der Waals surface area contributed by atoms with E-state index < -0.39 is 5.41 Å². The van der Waals surface area contributed by atoms with Crippen molar-refractivity contribution in [3.05, 3.63) is 109 Å². The van der Waals surface area contributed by atoms with Gasteiger partial charge in [-0.25, -0.2) is 4.68 Å². The van der Waals surface area contributed by atoms with E-state index in [2.05, 4.69) is 6.07 Å². The molecule has 0 unspecified atom stereocenters. The molecule has 0 spiro atoms. The average molecular weight is 639 g/mol. The largest absolute Gasteiger partial charge is 0.493 e. The van der Waals surface area contributed by atoms with E-state index in [-0.39, 0.29) is 21.6 Å². The normalized spacial score (nSPS) is 12.5. The predicted molar refractivity (Wildman–Crippen MR) is 178 cm³/mol. The first-order chi connectivity index (χ1) is 21.5. The van der Waals surface area contributed by atoms with Crippen LogP contribution in [-0.4, -0.2) is 34.4 Å². The van der Waals surface area contributed by atoms with Crippen molar-refractivity contribution in [2.75, 3.05) is 14.2 Å². The third kappa shape index (κ3) is 6.07. The number of para-hydroxylation sites is 1. The Morgan fingerprint density at radius 3 is 2.38 bits per heavy atom. The van der Waals surface area contributed by atoms with Crippen LogP contribution in [0.25, 0.3) is 34.3 Å². The van der Waals surface area contributed by atoms with Crippen LogP contribution in [0.4, 0.5) is 0 Å². The van der Waals surface area contributed by atoms with Crippen molar-refractivity contribution in [2.24, 2.45) is 5.41 Å². The molecule has 0 radical (unpaired) electrons. The fourth-order valence-corrected chi connectivity index (χ4v) is 6.09. The molecule has 0 saturated heterocycles. The van der Waals surface area contributed by atoms with Gasteiger partial charge in [0.05, 0.1) is 30.1 Å². The van der Waals surface area contributed by atoms with Crippen molar-refractivity contribution >= 4 is 40.4 Å². The van der Waals surface area contributed by atoms with Crippen LogP contribution in [0.3, 0.4) is 0 Å². The Bertz CT molecular complexity index is 2150. The van der Waals surface area contributed by atoms with Gasteiger partial charge in [-0.05, 0) is 61.0 Å². The number of hydrogen-bond donors (Lipinski definition) is 0. The van der Waals surface area contributed by atoms with E-state index >= 15 is 0 Å². The monoisotopic (exact) mass is 638 g/mol. The minimum atomic E-state index is -0.847. The number of methoxy groups -OCH3 is 2. The molecule has 0 bridgehead atoms. The first kappa shape index (κ1) is 31.5. The molecule has 0 amide bonds. The van der Waals surface area contributed by atoms with E-state index in [9.17, 15) is 14.9 Å². The standard InChI is InChI=1S/C35H31ClN4O4S/c1-21-26(36)13-10-14-27(21)40-33(42)30(45-34(40)25(19-37)32(41)35(2,3)4)18-23-20-39(24-11-8-7-9-12-24)38-31(23)22-15-16-28(43-5)29(17-22)44-6/h7-18,20H,1-6H3/b30-18-,34-25+. The molecule has 3 aromatic carbocycles. The van der Waals surface area contributed by atoms with Crippen LogP contribution in [0, 0.1) is 23.7 Å². The van der Waals surface area contributed by atoms with E-state index in [1.807, 2.05) is 48.7 Å². The number of Topliss-reactive ketones (excluding diaryl/α,β-unsaturated/α-hetero) is 1. The number of aromatic nitrogens is 3. The van der Waals surface area contributed by atoms with Crippen molar-refractivity contribution in [1.82, 2.24) is 14.3 Å². The molecule has 45 heavy (non-hydrogen) atoms. The quantitative estimate of drug-likeness (QED) is 0.222. The molecule has 0 fully saturated rings. The highest BCUT2D eigenvalue weighted by Gasteiger charge is 2.28. The molecule has 2 aromatic heterocycles. The number of nitrogens with zero attached hydrogens (tertiary/aromatic N) is 4. The van der Waals surface area contributed by atoms with Crippen LogP contribution in [0.2, 0.25) is 5.02 Å². The van der Waals surface area contributed by atoms with E-state index in [1.165, 1.54) is 4.57 Å². The molecule has 2 heterocycles. The maximum atomic E-state index is 14.3. The molecule has 5 rings (SSSR count). The summed E-state index contributed by atoms with van der Waals surface area (Å²) in [4.78, 5) is 27.7. The average Bonchev–Trinajstić information content (AvgIpc) is 3.59. The molecule has 0 N–H and O–H groups in total. The Labute approximate surface area is 269 Å². The molecule has 0 atom stereocenters. The summed E-state index contributed by atoms with van der Waals surface area (Å²) in [5.74, 6) is 0.732. The lowest BCUT2D eigenvalue weighted by atomic mass is 9.87. The highest BCUT2D eigenvalue weighted by Crippen LogP contribution is 2.33. The first-order valence-electron chi connectivity index (χ1n) is 14.0. The minimum absolute atomic E-state index is 0.0938. The van der Waals surface area contributed by atoms with Gasteiger partial charge < -0.3 is 9.47 Å². The summed E-state index contributed by atoms with van der Waals surface area (Å²) in [6.07, 6.45) is 3.58. The number of ketones is 1. The van der Waals surface area contributed by atoms with Gasteiger partial charge in [-0.1, -0.05) is 56.6 Å². The topological polar surface area (TPSA) is 99.1 Å². The van der Waals surface area contributed by atoms with Crippen molar-refractivity contribution in [3.8, 4) is 40.2 Å². The summed E-state index contributed by atoms with van der Waals surface area (Å²) in [6.45, 7) is 7.03. The number of nitriles is 1. The molecule has 8 nitrogen and oxygen atoms in total. The fourth-order valence-electron chi connectivity index (χ4n) is 4.83. The van der Waals surface area contributed by atoms with Crippen LogP contribution in [0.1, 0.15) is 31.9 Å². The Hall–Kier alpha value is -4.91. The first-order valence-corrected chi connectivity index (χ1v) is 15.2. The summed E-state index contributed by atoms with van der Waals surface area (Å²) >= 11 is 7.54. The summed E-state index contributed by atoms with van der Waals surface area (Å²) in [5, 5.41) is 15.6. The van der Waals surface area contributed by atoms with Crippen LogP contribution in [0.15, 0.2) is 77.7 Å². The summed E-state index contributed by atoms with van der Waals surface area (Å²) in [7, 11) is 3.13. The van der Waals surface area contributed by atoms with Gasteiger partial charge in [0, 0.05) is 27.8 Å². The Morgan fingerprint density at radius 2 is 1.73 bits per heavy atom. The number of carbonyl (C=O) groups excluding carboxylic acids is 1. The molecular weight excluding hydrogens is 608 g/mol. The zero-order chi connectivity index (χ0) is 32.5. The Kier molecular flexibility index (Phi) is 8.82. The molecule has 5 aromatic rings. The van der Waals surface area contributed by atoms with Crippen LogP contribution >= 0.6 is 22.9 Å². The predicted octanol–water partition coefficient (Wildman–Crippen LogP) is 5.85. The van der Waals surface area contributed by atoms with Crippen molar-refractivity contribution in [3.63, 3.8) is 0 Å². The fraction of sp³-hybridized carbons (Fsp3) is 0.200. The van der Waals surface area contributed by atoms with Crippen LogP contribution in [-0.2, 0) is 4.79 Å². The van der Waals surface area contributed by atoms with E-state index in [0.29, 0.717) is 43.6 Å². The molecule has 0 aliphatic heterocycles. The van der Waals surface area contributed by atoms with Gasteiger partial charge in [0.25, 0.3) is 5.56 Å². The number of ether oxygens (including phenoxy) is 2. The van der Waals surface area contributed by atoms with Crippen molar-refractivity contribution in [1.29, 1.82) is 5.26 Å². The summed E-state index contributed by atoms with van der Waals surface area (Å²) in [6, 6.07) is 22.4. The van der Waals surface area contributed by atoms with Gasteiger partial charge in [-0.2, -0.15) is 10.4 Å². The maximum Gasteiger partial charge on any atom is 0.273 e. The zero-order valence-electron chi connectivity index (χ0n) is 25.7. The second kappa shape index (κ2) is 12.6. The Balaban J connectivity index is 1.87. The molecule has 0 aliphatic rings. The third-order valence-electron chi connectivity index (χ3n) is 7.24. The van der Waals surface area contributed by atoms with Crippen LogP contribution < -0.4 is 24.2 Å². The lowest BCUT2D eigenvalue weighted by Gasteiger charge is -2.15. The SMILES string of the molecule is COc1ccc(-c2nn(-c3ccccc3)cc2/C=c2\s/c(=C(\C#N)C(=O)C(C)(C)C)n(-c3cccc(Cl)c3C)c2=O)cc1OC. The number of thiazole rings is 1. The van der Waals surface area contributed by atoms with Crippen LogP contribution in [0.5, 0.6) is 11.5 Å². The Morgan fingerprint density at radius 1 is 1.02 bits per heavy atom. The van der Waals surface area contributed by atoms with Gasteiger partial charge in [-0.3, -0.25) is 14.2 Å². The van der Waals surface area contributed by atoms with Gasteiger partial charge in [0.2, 0.25) is 0 Å². The molecule has 0 aliphatic carbocycles. The summed E-state index contributed by atoms with van der Waals surface area (Å²) in [5.41, 5.74) is 2.62. The van der Waals surface area contributed by atoms with E-state index in [1.54, 1.807) is 76.9 Å². The number of benzene rings is 3. The van der Waals surface area contributed by atoms with Crippen molar-refractivity contribution < 1.29 is 14.3 Å². The van der Waals surface area contributed by atoms with Gasteiger partial charge in [0.15, 0.2) is 17.3 Å².